The fourth-order valence-corrected chi connectivity index (χ4v) is 3.20. The molecule has 0 radical (unpaired) electrons. The minimum atomic E-state index is 0.322. The Labute approximate surface area is 133 Å². The topological polar surface area (TPSA) is 12.5 Å². The van der Waals surface area contributed by atoms with E-state index < -0.39 is 0 Å². The molecule has 0 spiro atoms. The molecule has 2 aromatic rings. The summed E-state index contributed by atoms with van der Waals surface area (Å²) in [5.41, 5.74) is 2.76. The maximum atomic E-state index is 6.15. The molecule has 1 heterocycles. The van der Waals surface area contributed by atoms with Crippen LogP contribution in [0.2, 0.25) is 0 Å². The summed E-state index contributed by atoms with van der Waals surface area (Å²) >= 11 is 0. The summed E-state index contributed by atoms with van der Waals surface area (Å²) < 4.78 is 6.15. The molecule has 1 saturated heterocycles. The van der Waals surface area contributed by atoms with Gasteiger partial charge in [-0.25, -0.2) is 0 Å². The zero-order valence-electron chi connectivity index (χ0n) is 13.3. The molecule has 1 aliphatic rings. The lowest BCUT2D eigenvalue weighted by Gasteiger charge is -2.23. The second kappa shape index (κ2) is 7.57. The molecule has 2 atom stereocenters. The first kappa shape index (κ1) is 15.3. The van der Waals surface area contributed by atoms with Crippen molar-refractivity contribution in [2.24, 2.45) is 0 Å². The summed E-state index contributed by atoms with van der Waals surface area (Å²) in [7, 11) is 0. The van der Waals surface area contributed by atoms with Crippen molar-refractivity contribution in [2.75, 3.05) is 19.7 Å². The van der Waals surface area contributed by atoms with Crippen molar-refractivity contribution in [2.45, 2.75) is 31.9 Å². The quantitative estimate of drug-likeness (QED) is 0.842. The van der Waals surface area contributed by atoms with Crippen molar-refractivity contribution in [3.05, 3.63) is 71.8 Å². The monoisotopic (exact) mass is 295 g/mol. The van der Waals surface area contributed by atoms with Crippen LogP contribution in [-0.4, -0.2) is 30.7 Å². The van der Waals surface area contributed by atoms with Gasteiger partial charge in [0.2, 0.25) is 0 Å². The van der Waals surface area contributed by atoms with Crippen LogP contribution in [0.1, 0.15) is 30.4 Å². The smallest absolute Gasteiger partial charge is 0.0653 e. The zero-order chi connectivity index (χ0) is 15.2. The second-order valence-corrected chi connectivity index (χ2v) is 6.16. The van der Waals surface area contributed by atoms with Gasteiger partial charge in [0.1, 0.15) is 0 Å². The molecule has 0 N–H and O–H groups in total. The van der Waals surface area contributed by atoms with Crippen molar-refractivity contribution in [3.63, 3.8) is 0 Å². The Morgan fingerprint density at radius 2 is 1.68 bits per heavy atom. The van der Waals surface area contributed by atoms with E-state index in [9.17, 15) is 0 Å². The van der Waals surface area contributed by atoms with E-state index in [-0.39, 0.29) is 0 Å². The van der Waals surface area contributed by atoms with Crippen molar-refractivity contribution in [3.8, 4) is 0 Å². The van der Waals surface area contributed by atoms with Gasteiger partial charge in [-0.2, -0.15) is 0 Å². The first-order chi connectivity index (χ1) is 10.8. The fourth-order valence-electron chi connectivity index (χ4n) is 3.20. The molecule has 0 saturated carbocycles. The number of ether oxygens (including phenoxy) is 1. The van der Waals surface area contributed by atoms with E-state index >= 15 is 0 Å². The van der Waals surface area contributed by atoms with E-state index in [0.29, 0.717) is 12.0 Å². The highest BCUT2D eigenvalue weighted by molar-refractivity contribution is 5.20. The summed E-state index contributed by atoms with van der Waals surface area (Å²) in [5.74, 6) is 0.456. The molecule has 1 unspecified atom stereocenters. The average molecular weight is 295 g/mol. The van der Waals surface area contributed by atoms with Gasteiger partial charge in [0.15, 0.2) is 0 Å². The Bertz CT molecular complexity index is 554. The van der Waals surface area contributed by atoms with Crippen LogP contribution in [0.5, 0.6) is 0 Å². The molecule has 2 aromatic carbocycles. The van der Waals surface area contributed by atoms with Gasteiger partial charge in [-0.15, -0.1) is 0 Å². The van der Waals surface area contributed by atoms with Gasteiger partial charge in [0, 0.05) is 25.6 Å². The zero-order valence-corrected chi connectivity index (χ0v) is 13.3. The molecule has 0 bridgehead atoms. The van der Waals surface area contributed by atoms with Gasteiger partial charge in [0.25, 0.3) is 0 Å². The highest BCUT2D eigenvalue weighted by Crippen LogP contribution is 2.25. The highest BCUT2D eigenvalue weighted by Gasteiger charge is 2.23. The number of rotatable bonds is 4. The molecule has 3 rings (SSSR count). The molecule has 1 fully saturated rings. The summed E-state index contributed by atoms with van der Waals surface area (Å²) in [5, 5.41) is 0. The number of benzene rings is 2. The third-order valence-corrected chi connectivity index (χ3v) is 4.60. The van der Waals surface area contributed by atoms with Gasteiger partial charge in [-0.05, 0) is 17.5 Å². The van der Waals surface area contributed by atoms with Crippen LogP contribution in [0.3, 0.4) is 0 Å². The van der Waals surface area contributed by atoms with Crippen LogP contribution in [0.15, 0.2) is 60.7 Å². The van der Waals surface area contributed by atoms with Gasteiger partial charge < -0.3 is 4.74 Å². The normalized spacial score (nSPS) is 21.2. The van der Waals surface area contributed by atoms with Crippen LogP contribution in [0.25, 0.3) is 0 Å². The molecule has 116 valence electrons. The van der Waals surface area contributed by atoms with Gasteiger partial charge in [-0.1, -0.05) is 67.6 Å². The van der Waals surface area contributed by atoms with Crippen LogP contribution in [0.4, 0.5) is 0 Å². The fraction of sp³-hybridized carbons (Fsp3) is 0.400. The molecular formula is C20H25NO. The summed E-state index contributed by atoms with van der Waals surface area (Å²) in [6, 6.07) is 21.4. The Morgan fingerprint density at radius 1 is 1.00 bits per heavy atom. The summed E-state index contributed by atoms with van der Waals surface area (Å²) in [6.07, 6.45) is 1.42. The largest absolute Gasteiger partial charge is 0.376 e. The van der Waals surface area contributed by atoms with Crippen LogP contribution >= 0.6 is 0 Å². The molecule has 0 aromatic heterocycles. The van der Waals surface area contributed by atoms with Crippen molar-refractivity contribution < 1.29 is 4.74 Å². The van der Waals surface area contributed by atoms with E-state index in [1.165, 1.54) is 11.1 Å². The summed E-state index contributed by atoms with van der Waals surface area (Å²) in [4.78, 5) is 2.51. The minimum absolute atomic E-state index is 0.322. The second-order valence-electron chi connectivity index (χ2n) is 6.16. The number of nitrogens with zero attached hydrogens (tertiary/aromatic N) is 1. The molecule has 1 aliphatic heterocycles. The Hall–Kier alpha value is -1.64. The van der Waals surface area contributed by atoms with Gasteiger partial charge in [-0.3, -0.25) is 4.90 Å². The third kappa shape index (κ3) is 3.96. The SMILES string of the molecule is C[C@@H](c1ccccc1)C1CCN(Cc2ccccc2)CCO1. The Kier molecular flexibility index (Phi) is 5.25. The van der Waals surface area contributed by atoms with Crippen LogP contribution < -0.4 is 0 Å². The standard InChI is InChI=1S/C20H25NO/c1-17(19-10-6-3-7-11-19)20-12-13-21(14-15-22-20)16-18-8-4-2-5-9-18/h2-11,17,20H,12-16H2,1H3/t17-,20?/m0/s1. The number of hydrogen-bond donors (Lipinski definition) is 0. The summed E-state index contributed by atoms with van der Waals surface area (Å²) in [6.45, 7) is 6.27. The minimum Gasteiger partial charge on any atom is -0.376 e. The van der Waals surface area contributed by atoms with E-state index in [0.717, 1.165) is 32.7 Å². The van der Waals surface area contributed by atoms with E-state index in [1.807, 2.05) is 0 Å². The van der Waals surface area contributed by atoms with E-state index in [2.05, 4.69) is 72.5 Å². The van der Waals surface area contributed by atoms with Gasteiger partial charge >= 0.3 is 0 Å². The molecule has 22 heavy (non-hydrogen) atoms. The van der Waals surface area contributed by atoms with E-state index in [1.54, 1.807) is 0 Å². The number of hydrogen-bond acceptors (Lipinski definition) is 2. The third-order valence-electron chi connectivity index (χ3n) is 4.60. The Morgan fingerprint density at radius 3 is 2.41 bits per heavy atom. The lowest BCUT2D eigenvalue weighted by Crippen LogP contribution is -2.26. The van der Waals surface area contributed by atoms with Crippen molar-refractivity contribution in [1.29, 1.82) is 0 Å². The molecule has 0 amide bonds. The van der Waals surface area contributed by atoms with Crippen LogP contribution in [-0.2, 0) is 11.3 Å². The Balaban J connectivity index is 1.58. The first-order valence-electron chi connectivity index (χ1n) is 8.26. The average Bonchev–Trinajstić information content (AvgIpc) is 2.82. The lowest BCUT2D eigenvalue weighted by molar-refractivity contribution is 0.0465. The van der Waals surface area contributed by atoms with Crippen molar-refractivity contribution >= 4 is 0 Å². The van der Waals surface area contributed by atoms with E-state index in [4.69, 9.17) is 4.74 Å². The predicted molar refractivity (Wildman–Crippen MR) is 90.9 cm³/mol. The maximum Gasteiger partial charge on any atom is 0.0653 e. The van der Waals surface area contributed by atoms with Crippen LogP contribution in [0, 0.1) is 0 Å². The van der Waals surface area contributed by atoms with Crippen molar-refractivity contribution in [1.82, 2.24) is 4.90 Å². The highest BCUT2D eigenvalue weighted by atomic mass is 16.5. The molecule has 2 nitrogen and oxygen atoms in total. The maximum absolute atomic E-state index is 6.15. The lowest BCUT2D eigenvalue weighted by atomic mass is 9.93. The molecular weight excluding hydrogens is 270 g/mol. The molecule has 0 aliphatic carbocycles. The predicted octanol–water partition coefficient (Wildman–Crippen LogP) is 4.08. The van der Waals surface area contributed by atoms with Gasteiger partial charge in [0.05, 0.1) is 12.7 Å². The molecule has 2 heteroatoms. The first-order valence-corrected chi connectivity index (χ1v) is 8.26.